The average Bonchev–Trinajstić information content (AvgIpc) is 3.69. The van der Waals surface area contributed by atoms with Gasteiger partial charge in [-0.05, 0) is 73.4 Å². The minimum atomic E-state index is -4.83. The van der Waals surface area contributed by atoms with Gasteiger partial charge in [0, 0.05) is 37.5 Å². The van der Waals surface area contributed by atoms with E-state index in [1.807, 2.05) is 36.1 Å². The number of aryl methyl sites for hydroxylation is 1. The molecule has 0 saturated carbocycles. The molecule has 2 aromatic carbocycles. The minimum absolute atomic E-state index is 0.155. The Morgan fingerprint density at radius 3 is 2.46 bits per heavy atom. The molecule has 1 spiro atoms. The number of nitrogen functional groups attached to an aromatic ring is 1. The Morgan fingerprint density at radius 2 is 1.83 bits per heavy atom. The largest absolute Gasteiger partial charge is 0.494 e. The number of hydrogen-bond acceptors (Lipinski definition) is 9. The Hall–Kier alpha value is -4.85. The molecular weight excluding hydrogens is 627 g/mol. The maximum atomic E-state index is 14.9. The molecule has 254 valence electrons. The number of carboxylic acids is 1. The Kier molecular flexibility index (Phi) is 9.19. The topological polar surface area (TPSA) is 141 Å². The molecule has 6 rings (SSSR count). The Balaban J connectivity index is 1.28. The third-order valence-electron chi connectivity index (χ3n) is 8.99. The number of nitrogens with one attached hydrogen (secondary N) is 1. The van der Waals surface area contributed by atoms with Crippen LogP contribution >= 0.6 is 0 Å². The first-order valence-electron chi connectivity index (χ1n) is 15.9. The molecule has 0 amide bonds. The zero-order chi connectivity index (χ0) is 34.1. The highest BCUT2D eigenvalue weighted by molar-refractivity contribution is 5.74. The van der Waals surface area contributed by atoms with Gasteiger partial charge in [0.05, 0.1) is 18.0 Å². The number of carbonyl (C=O) groups is 1. The molecular formula is C34H38F3N7O4. The number of aliphatic carboxylic acids is 1. The van der Waals surface area contributed by atoms with Gasteiger partial charge in [-0.2, -0.15) is 28.2 Å². The van der Waals surface area contributed by atoms with Gasteiger partial charge in [-0.15, -0.1) is 0 Å². The van der Waals surface area contributed by atoms with E-state index in [0.717, 1.165) is 12.0 Å². The molecule has 2 atom stereocenters. The van der Waals surface area contributed by atoms with Gasteiger partial charge in [0.2, 0.25) is 17.9 Å². The Morgan fingerprint density at radius 1 is 1.10 bits per heavy atom. The molecule has 2 saturated heterocycles. The van der Waals surface area contributed by atoms with Gasteiger partial charge in [0.25, 0.3) is 0 Å². The van der Waals surface area contributed by atoms with Gasteiger partial charge in [-0.3, -0.25) is 4.79 Å². The van der Waals surface area contributed by atoms with Gasteiger partial charge < -0.3 is 30.5 Å². The van der Waals surface area contributed by atoms with E-state index >= 15 is 0 Å². The monoisotopic (exact) mass is 665 g/mol. The lowest BCUT2D eigenvalue weighted by molar-refractivity contribution is -0.198. The first-order valence-corrected chi connectivity index (χ1v) is 15.9. The van der Waals surface area contributed by atoms with E-state index in [-0.39, 0.29) is 28.5 Å². The van der Waals surface area contributed by atoms with Crippen LogP contribution in [0.3, 0.4) is 0 Å². The van der Waals surface area contributed by atoms with Gasteiger partial charge in [0.15, 0.2) is 0 Å². The second-order valence-corrected chi connectivity index (χ2v) is 12.5. The number of piperidine rings is 1. The van der Waals surface area contributed by atoms with Crippen molar-refractivity contribution in [2.75, 3.05) is 36.9 Å². The molecule has 0 aliphatic carbocycles. The van der Waals surface area contributed by atoms with E-state index in [2.05, 4.69) is 20.4 Å². The number of ether oxygens (including phenoxy) is 2. The standard InChI is InChI=1S/C34H38F3N7O4/c1-3-16-47-24-7-4-22(5-8-24)23-6-9-25(27(17-23)44-13-10-21(2)42-44)30(34(35,36)37)48-29-18-28(40-32(38)41-29)43-14-11-33(12-15-43)19-26(31(45)46)39-20-33/h4-10,13,17-18,26,30,39H,3,11-12,14-16,19-20H2,1-2H3,(H,45,46)(H2,38,40,41)/t26-,30+/m0/s1. The van der Waals surface area contributed by atoms with Crippen LogP contribution in [0.1, 0.15) is 50.0 Å². The van der Waals surface area contributed by atoms with Gasteiger partial charge in [0.1, 0.15) is 17.6 Å². The number of benzene rings is 2. The summed E-state index contributed by atoms with van der Waals surface area (Å²) in [6.45, 7) is 6.02. The van der Waals surface area contributed by atoms with Crippen LogP contribution in [0.25, 0.3) is 16.8 Å². The number of nitrogens with two attached hydrogens (primary N) is 1. The van der Waals surface area contributed by atoms with E-state index in [0.29, 0.717) is 68.3 Å². The van der Waals surface area contributed by atoms with E-state index in [4.69, 9.17) is 15.2 Å². The molecule has 0 unspecified atom stereocenters. The maximum absolute atomic E-state index is 14.9. The number of hydrogen-bond donors (Lipinski definition) is 3. The first-order chi connectivity index (χ1) is 22.9. The molecule has 0 radical (unpaired) electrons. The average molecular weight is 666 g/mol. The molecule has 48 heavy (non-hydrogen) atoms. The highest BCUT2D eigenvalue weighted by Crippen LogP contribution is 2.43. The molecule has 4 aromatic rings. The van der Waals surface area contributed by atoms with Crippen molar-refractivity contribution in [3.8, 4) is 28.4 Å². The predicted molar refractivity (Wildman–Crippen MR) is 173 cm³/mol. The smallest absolute Gasteiger partial charge is 0.429 e. The van der Waals surface area contributed by atoms with Gasteiger partial charge in [-0.1, -0.05) is 31.2 Å². The molecule has 14 heteroatoms. The third-order valence-corrected chi connectivity index (χ3v) is 8.99. The van der Waals surface area contributed by atoms with Crippen LogP contribution in [-0.2, 0) is 4.79 Å². The maximum Gasteiger partial charge on any atom is 0.429 e. The molecule has 2 fully saturated rings. The van der Waals surface area contributed by atoms with Crippen LogP contribution in [-0.4, -0.2) is 69.3 Å². The van der Waals surface area contributed by atoms with Crippen molar-refractivity contribution in [2.45, 2.75) is 57.9 Å². The number of nitrogens with zero attached hydrogens (tertiary/aromatic N) is 5. The lowest BCUT2D eigenvalue weighted by Crippen LogP contribution is -2.41. The number of alkyl halides is 3. The molecule has 4 heterocycles. The van der Waals surface area contributed by atoms with Crippen molar-refractivity contribution in [1.29, 1.82) is 0 Å². The van der Waals surface area contributed by atoms with Crippen molar-refractivity contribution in [1.82, 2.24) is 25.1 Å². The zero-order valence-corrected chi connectivity index (χ0v) is 26.7. The summed E-state index contributed by atoms with van der Waals surface area (Å²) in [5.41, 5.74) is 8.00. The number of carboxylic acid groups (broad SMARTS) is 1. The van der Waals surface area contributed by atoms with Crippen LogP contribution in [0.5, 0.6) is 11.6 Å². The van der Waals surface area contributed by atoms with Crippen LogP contribution in [0.2, 0.25) is 0 Å². The normalized spacial score (nSPS) is 18.2. The summed E-state index contributed by atoms with van der Waals surface area (Å²) in [7, 11) is 0. The summed E-state index contributed by atoms with van der Waals surface area (Å²) in [6.07, 6.45) is -2.83. The quantitative estimate of drug-likeness (QED) is 0.193. The zero-order valence-electron chi connectivity index (χ0n) is 26.7. The van der Waals surface area contributed by atoms with Crippen molar-refractivity contribution in [3.63, 3.8) is 0 Å². The predicted octanol–water partition coefficient (Wildman–Crippen LogP) is 5.72. The number of aromatic nitrogens is 4. The van der Waals surface area contributed by atoms with Crippen molar-refractivity contribution in [2.24, 2.45) is 5.41 Å². The SMILES string of the molecule is CCCOc1ccc(-c2ccc([C@@H](Oc3cc(N4CCC5(CC4)CN[C@H](C(=O)O)C5)nc(N)n3)C(F)(F)F)c(-n3ccc(C)n3)c2)cc1. The van der Waals surface area contributed by atoms with Gasteiger partial charge in [-0.25, -0.2) is 4.68 Å². The highest BCUT2D eigenvalue weighted by atomic mass is 19.4. The van der Waals surface area contributed by atoms with Crippen molar-refractivity contribution < 1.29 is 32.5 Å². The lowest BCUT2D eigenvalue weighted by Gasteiger charge is -2.39. The van der Waals surface area contributed by atoms with E-state index in [1.54, 1.807) is 31.3 Å². The summed E-state index contributed by atoms with van der Waals surface area (Å²) < 4.78 is 57.4. The van der Waals surface area contributed by atoms with E-state index < -0.39 is 24.3 Å². The summed E-state index contributed by atoms with van der Waals surface area (Å²) in [4.78, 5) is 21.7. The molecule has 2 aliphatic rings. The van der Waals surface area contributed by atoms with Crippen molar-refractivity contribution in [3.05, 3.63) is 72.1 Å². The fourth-order valence-corrected chi connectivity index (χ4v) is 6.42. The van der Waals surface area contributed by atoms with Crippen LogP contribution in [0.15, 0.2) is 60.8 Å². The van der Waals surface area contributed by atoms with Crippen LogP contribution in [0, 0.1) is 12.3 Å². The molecule has 4 N–H and O–H groups in total. The summed E-state index contributed by atoms with van der Waals surface area (Å²) in [6, 6.07) is 14.5. The highest BCUT2D eigenvalue weighted by Gasteiger charge is 2.46. The Bertz CT molecular complexity index is 1750. The fraction of sp³-hybridized carbons (Fsp3) is 0.412. The summed E-state index contributed by atoms with van der Waals surface area (Å²) in [5.74, 6) is -0.352. The van der Waals surface area contributed by atoms with Crippen LogP contribution < -0.4 is 25.4 Å². The molecule has 11 nitrogen and oxygen atoms in total. The second kappa shape index (κ2) is 13.3. The van der Waals surface area contributed by atoms with Gasteiger partial charge >= 0.3 is 12.1 Å². The summed E-state index contributed by atoms with van der Waals surface area (Å²) >= 11 is 0. The lowest BCUT2D eigenvalue weighted by atomic mass is 9.76. The molecule has 0 bridgehead atoms. The van der Waals surface area contributed by atoms with E-state index in [1.165, 1.54) is 16.8 Å². The second-order valence-electron chi connectivity index (χ2n) is 12.5. The number of halogens is 3. The third kappa shape index (κ3) is 7.18. The molecule has 2 aromatic heterocycles. The minimum Gasteiger partial charge on any atom is -0.494 e. The van der Waals surface area contributed by atoms with E-state index in [9.17, 15) is 23.1 Å². The number of anilines is 2. The first kappa shape index (κ1) is 33.1. The fourth-order valence-electron chi connectivity index (χ4n) is 6.42. The summed E-state index contributed by atoms with van der Waals surface area (Å²) in [5, 5.41) is 16.9. The molecule has 2 aliphatic heterocycles. The van der Waals surface area contributed by atoms with Crippen LogP contribution in [0.4, 0.5) is 24.9 Å². The number of rotatable bonds is 10. The van der Waals surface area contributed by atoms with Crippen molar-refractivity contribution >= 4 is 17.7 Å². The Labute approximate surface area is 275 Å².